The average molecular weight is 341 g/mol. The minimum atomic E-state index is -0.510. The first-order valence-electron chi connectivity index (χ1n) is 8.79. The van der Waals surface area contributed by atoms with E-state index in [1.807, 2.05) is 42.5 Å². The molecule has 4 nitrogen and oxygen atoms in total. The number of para-hydroxylation sites is 1. The van der Waals surface area contributed by atoms with E-state index < -0.39 is 6.10 Å². The first kappa shape index (κ1) is 18.8. The van der Waals surface area contributed by atoms with Gasteiger partial charge in [0.1, 0.15) is 11.5 Å². The molecule has 1 amide bonds. The Hall–Kier alpha value is -2.49. The summed E-state index contributed by atoms with van der Waals surface area (Å²) in [4.78, 5) is 12.2. The van der Waals surface area contributed by atoms with Crippen molar-refractivity contribution < 1.29 is 14.3 Å². The SMILES string of the molecule is CCc1ccccc1O[C@@H](C)C(=O)NCCCc1cccc(OC)c1. The Kier molecular flexibility index (Phi) is 7.33. The zero-order chi connectivity index (χ0) is 18.1. The summed E-state index contributed by atoms with van der Waals surface area (Å²) in [6.45, 7) is 4.48. The lowest BCUT2D eigenvalue weighted by atomic mass is 10.1. The molecule has 0 saturated heterocycles. The van der Waals surface area contributed by atoms with Crippen LogP contribution in [0.2, 0.25) is 0 Å². The molecule has 25 heavy (non-hydrogen) atoms. The lowest BCUT2D eigenvalue weighted by Crippen LogP contribution is -2.37. The fourth-order valence-electron chi connectivity index (χ4n) is 2.63. The van der Waals surface area contributed by atoms with Crippen LogP contribution in [0.3, 0.4) is 0 Å². The molecule has 1 N–H and O–H groups in total. The van der Waals surface area contributed by atoms with Gasteiger partial charge in [0.25, 0.3) is 5.91 Å². The van der Waals surface area contributed by atoms with Crippen molar-refractivity contribution in [3.63, 3.8) is 0 Å². The molecule has 134 valence electrons. The second kappa shape index (κ2) is 9.72. The molecular weight excluding hydrogens is 314 g/mol. The van der Waals surface area contributed by atoms with Crippen LogP contribution in [0.5, 0.6) is 11.5 Å². The Morgan fingerprint density at radius 1 is 1.16 bits per heavy atom. The molecule has 0 radical (unpaired) electrons. The van der Waals surface area contributed by atoms with Crippen LogP contribution < -0.4 is 14.8 Å². The van der Waals surface area contributed by atoms with Crippen molar-refractivity contribution in [2.75, 3.05) is 13.7 Å². The number of methoxy groups -OCH3 is 1. The highest BCUT2D eigenvalue weighted by molar-refractivity contribution is 5.80. The van der Waals surface area contributed by atoms with Gasteiger partial charge < -0.3 is 14.8 Å². The summed E-state index contributed by atoms with van der Waals surface area (Å²) in [5.74, 6) is 1.55. The normalized spacial score (nSPS) is 11.6. The van der Waals surface area contributed by atoms with Crippen molar-refractivity contribution in [1.29, 1.82) is 0 Å². The first-order chi connectivity index (χ1) is 12.1. The van der Waals surface area contributed by atoms with Gasteiger partial charge in [0.05, 0.1) is 7.11 Å². The number of carbonyl (C=O) groups is 1. The monoisotopic (exact) mass is 341 g/mol. The van der Waals surface area contributed by atoms with Crippen LogP contribution in [0.1, 0.15) is 31.4 Å². The largest absolute Gasteiger partial charge is 0.497 e. The zero-order valence-electron chi connectivity index (χ0n) is 15.2. The van der Waals surface area contributed by atoms with Gasteiger partial charge in [0.2, 0.25) is 0 Å². The minimum Gasteiger partial charge on any atom is -0.497 e. The number of amides is 1. The highest BCUT2D eigenvalue weighted by atomic mass is 16.5. The average Bonchev–Trinajstić information content (AvgIpc) is 2.65. The predicted molar refractivity (Wildman–Crippen MR) is 100 cm³/mol. The van der Waals surface area contributed by atoms with Crippen LogP contribution in [-0.4, -0.2) is 25.7 Å². The van der Waals surface area contributed by atoms with Gasteiger partial charge in [-0.1, -0.05) is 37.3 Å². The molecule has 0 aliphatic rings. The number of rotatable bonds is 9. The standard InChI is InChI=1S/C21H27NO3/c1-4-18-11-5-6-13-20(18)25-16(2)21(23)22-14-8-10-17-9-7-12-19(15-17)24-3/h5-7,9,11-13,15-16H,4,8,10,14H2,1-3H3,(H,22,23)/t16-/m0/s1. The van der Waals surface area contributed by atoms with E-state index in [4.69, 9.17) is 9.47 Å². The number of benzene rings is 2. The van der Waals surface area contributed by atoms with Crippen LogP contribution in [0.25, 0.3) is 0 Å². The van der Waals surface area contributed by atoms with Crippen molar-refractivity contribution in [1.82, 2.24) is 5.32 Å². The number of hydrogen-bond acceptors (Lipinski definition) is 3. The number of nitrogens with one attached hydrogen (secondary N) is 1. The van der Waals surface area contributed by atoms with Crippen LogP contribution in [0.15, 0.2) is 48.5 Å². The van der Waals surface area contributed by atoms with Gasteiger partial charge in [-0.3, -0.25) is 4.79 Å². The fourth-order valence-corrected chi connectivity index (χ4v) is 2.63. The number of ether oxygens (including phenoxy) is 2. The van der Waals surface area contributed by atoms with E-state index in [0.29, 0.717) is 6.54 Å². The number of carbonyl (C=O) groups excluding carboxylic acids is 1. The molecule has 0 unspecified atom stereocenters. The highest BCUT2D eigenvalue weighted by Crippen LogP contribution is 2.19. The molecule has 4 heteroatoms. The highest BCUT2D eigenvalue weighted by Gasteiger charge is 2.15. The summed E-state index contributed by atoms with van der Waals surface area (Å²) < 4.78 is 11.0. The maximum absolute atomic E-state index is 12.2. The summed E-state index contributed by atoms with van der Waals surface area (Å²) in [6, 6.07) is 15.8. The third kappa shape index (κ3) is 5.82. The van der Waals surface area contributed by atoms with Gasteiger partial charge in [0.15, 0.2) is 6.10 Å². The van der Waals surface area contributed by atoms with E-state index in [2.05, 4.69) is 18.3 Å². The number of hydrogen-bond donors (Lipinski definition) is 1. The van der Waals surface area contributed by atoms with Gasteiger partial charge in [-0.15, -0.1) is 0 Å². The molecule has 0 saturated carbocycles. The summed E-state index contributed by atoms with van der Waals surface area (Å²) in [5, 5.41) is 2.94. The summed E-state index contributed by atoms with van der Waals surface area (Å²) >= 11 is 0. The van der Waals surface area contributed by atoms with Gasteiger partial charge >= 0.3 is 0 Å². The zero-order valence-corrected chi connectivity index (χ0v) is 15.2. The Balaban J connectivity index is 1.75. The lowest BCUT2D eigenvalue weighted by molar-refractivity contribution is -0.127. The molecule has 0 aliphatic carbocycles. The molecule has 1 atom stereocenters. The van der Waals surface area contributed by atoms with Crippen LogP contribution in [0, 0.1) is 0 Å². The molecular formula is C21H27NO3. The third-order valence-electron chi connectivity index (χ3n) is 4.10. The van der Waals surface area contributed by atoms with Gasteiger partial charge in [-0.25, -0.2) is 0 Å². The Labute approximate surface area is 150 Å². The van der Waals surface area contributed by atoms with Gasteiger partial charge in [0, 0.05) is 6.54 Å². The summed E-state index contributed by atoms with van der Waals surface area (Å²) in [6.07, 6.45) is 2.14. The molecule has 0 heterocycles. The van der Waals surface area contributed by atoms with Crippen LogP contribution in [0.4, 0.5) is 0 Å². The Morgan fingerprint density at radius 2 is 1.96 bits per heavy atom. The molecule has 0 aliphatic heterocycles. The van der Waals surface area contributed by atoms with Crippen LogP contribution in [-0.2, 0) is 17.6 Å². The first-order valence-corrected chi connectivity index (χ1v) is 8.79. The van der Waals surface area contributed by atoms with Crippen molar-refractivity contribution in [2.45, 2.75) is 39.2 Å². The van der Waals surface area contributed by atoms with Crippen molar-refractivity contribution >= 4 is 5.91 Å². The van der Waals surface area contributed by atoms with Gasteiger partial charge in [-0.05, 0) is 55.5 Å². The Bertz CT molecular complexity index is 684. The van der Waals surface area contributed by atoms with Crippen molar-refractivity contribution in [2.24, 2.45) is 0 Å². The van der Waals surface area contributed by atoms with Crippen molar-refractivity contribution in [3.05, 3.63) is 59.7 Å². The maximum atomic E-state index is 12.2. The van der Waals surface area contributed by atoms with E-state index in [-0.39, 0.29) is 5.91 Å². The quantitative estimate of drug-likeness (QED) is 0.706. The molecule has 2 aromatic carbocycles. The molecule has 2 aromatic rings. The maximum Gasteiger partial charge on any atom is 0.260 e. The fraction of sp³-hybridized carbons (Fsp3) is 0.381. The summed E-state index contributed by atoms with van der Waals surface area (Å²) in [5.41, 5.74) is 2.31. The molecule has 2 rings (SSSR count). The molecule has 0 spiro atoms. The number of aryl methyl sites for hydroxylation is 2. The van der Waals surface area contributed by atoms with E-state index in [9.17, 15) is 4.79 Å². The second-order valence-electron chi connectivity index (χ2n) is 5.97. The second-order valence-corrected chi connectivity index (χ2v) is 5.97. The minimum absolute atomic E-state index is 0.0865. The van der Waals surface area contributed by atoms with E-state index in [0.717, 1.165) is 36.3 Å². The summed E-state index contributed by atoms with van der Waals surface area (Å²) in [7, 11) is 1.66. The smallest absolute Gasteiger partial charge is 0.260 e. The predicted octanol–water partition coefficient (Wildman–Crippen LogP) is 3.77. The molecule has 0 aromatic heterocycles. The Morgan fingerprint density at radius 3 is 2.72 bits per heavy atom. The lowest BCUT2D eigenvalue weighted by Gasteiger charge is -2.17. The topological polar surface area (TPSA) is 47.6 Å². The van der Waals surface area contributed by atoms with E-state index in [1.54, 1.807) is 14.0 Å². The van der Waals surface area contributed by atoms with E-state index in [1.165, 1.54) is 5.56 Å². The van der Waals surface area contributed by atoms with E-state index >= 15 is 0 Å². The van der Waals surface area contributed by atoms with Gasteiger partial charge in [-0.2, -0.15) is 0 Å². The molecule has 0 bridgehead atoms. The van der Waals surface area contributed by atoms with Crippen molar-refractivity contribution in [3.8, 4) is 11.5 Å². The molecule has 0 fully saturated rings. The van der Waals surface area contributed by atoms with Crippen LogP contribution >= 0.6 is 0 Å². The third-order valence-corrected chi connectivity index (χ3v) is 4.10.